The van der Waals surface area contributed by atoms with Gasteiger partial charge in [0.1, 0.15) is 0 Å². The molecule has 0 aliphatic heterocycles. The molecular formula is C51H96N3O3S2Si2. The van der Waals surface area contributed by atoms with Crippen LogP contribution in [0.15, 0.2) is 29.3 Å². The van der Waals surface area contributed by atoms with Crippen molar-refractivity contribution >= 4 is 63.9 Å². The Kier molecular flexibility index (Phi) is 26.2. The predicted octanol–water partition coefficient (Wildman–Crippen LogP) is 15.6. The number of rotatable bonds is 28. The summed E-state index contributed by atoms with van der Waals surface area (Å²) in [5.41, 5.74) is 2.43. The van der Waals surface area contributed by atoms with Crippen molar-refractivity contribution in [1.29, 1.82) is 0 Å². The Morgan fingerprint density at radius 1 is 0.574 bits per heavy atom. The van der Waals surface area contributed by atoms with Crippen LogP contribution in [-0.4, -0.2) is 46.9 Å². The summed E-state index contributed by atoms with van der Waals surface area (Å²) in [6.45, 7) is 53.8. The topological polar surface area (TPSA) is 64.1 Å². The minimum Gasteiger partial charge on any atom is -0.414 e. The van der Waals surface area contributed by atoms with Crippen molar-refractivity contribution in [3.63, 3.8) is 0 Å². The molecule has 1 radical (unpaired) electrons. The van der Waals surface area contributed by atoms with Crippen LogP contribution in [0.3, 0.4) is 0 Å². The molecule has 0 saturated heterocycles. The van der Waals surface area contributed by atoms with E-state index in [1.54, 1.807) is 0 Å². The second kappa shape index (κ2) is 27.5. The number of isothiocyanates is 1. The van der Waals surface area contributed by atoms with Gasteiger partial charge in [0.2, 0.25) is 9.04 Å². The molecule has 1 rings (SSSR count). The first-order chi connectivity index (χ1) is 28.2. The lowest BCUT2D eigenvalue weighted by atomic mass is 9.67. The maximum Gasteiger partial charge on any atom is 0.490 e. The fourth-order valence-electron chi connectivity index (χ4n) is 9.57. The highest BCUT2D eigenvalue weighted by molar-refractivity contribution is 7.80. The fraction of sp³-hybridized carbons (Fsp3) is 0.843. The van der Waals surface area contributed by atoms with E-state index in [4.69, 9.17) is 37.4 Å². The van der Waals surface area contributed by atoms with Crippen molar-refractivity contribution in [3.05, 3.63) is 24.3 Å². The van der Waals surface area contributed by atoms with Crippen LogP contribution in [0, 0.1) is 82.9 Å². The average Bonchev–Trinajstić information content (AvgIpc) is 3.20. The van der Waals surface area contributed by atoms with E-state index in [1.165, 1.54) is 0 Å². The van der Waals surface area contributed by atoms with Crippen molar-refractivity contribution in [2.75, 3.05) is 11.9 Å². The van der Waals surface area contributed by atoms with Gasteiger partial charge in [0.15, 0.2) is 5.11 Å². The predicted molar refractivity (Wildman–Crippen MR) is 278 cm³/mol. The molecule has 14 unspecified atom stereocenters. The van der Waals surface area contributed by atoms with Crippen molar-refractivity contribution in [2.45, 2.75) is 188 Å². The Labute approximate surface area is 392 Å². The first-order valence-electron chi connectivity index (χ1n) is 24.4. The molecule has 0 fully saturated rings. The summed E-state index contributed by atoms with van der Waals surface area (Å²) in [7, 11) is -4.72. The van der Waals surface area contributed by atoms with Crippen LogP contribution in [0.25, 0.3) is 0 Å². The minimum atomic E-state index is -3.20. The SMILES string of the molecule is CC(C)O[Si](CCCNC(=S)Nc1ccc(N=C=S)cc1)(OC(C)C)O[Si](C(C)C(C)C(C)C(C)C(C)C(C)C(C)C)C(C)C(C)C(C)C(C)C(C)C(C)C(C)C(C)C(C)C. The van der Waals surface area contributed by atoms with Gasteiger partial charge in [-0.05, 0) is 177 Å². The molecule has 0 bridgehead atoms. The monoisotopic (exact) mass is 919 g/mol. The van der Waals surface area contributed by atoms with Crippen molar-refractivity contribution in [1.82, 2.24) is 5.32 Å². The third kappa shape index (κ3) is 18.1. The van der Waals surface area contributed by atoms with E-state index in [0.29, 0.717) is 106 Å². The van der Waals surface area contributed by atoms with Crippen LogP contribution in [0.2, 0.25) is 17.1 Å². The van der Waals surface area contributed by atoms with E-state index in [9.17, 15) is 0 Å². The van der Waals surface area contributed by atoms with E-state index < -0.39 is 17.8 Å². The highest BCUT2D eigenvalue weighted by atomic mass is 32.1. The van der Waals surface area contributed by atoms with Gasteiger partial charge >= 0.3 is 8.80 Å². The maximum absolute atomic E-state index is 7.87. The molecule has 0 saturated carbocycles. The number of anilines is 1. The zero-order valence-corrected chi connectivity index (χ0v) is 46.9. The van der Waals surface area contributed by atoms with Crippen molar-refractivity contribution < 1.29 is 13.0 Å². The van der Waals surface area contributed by atoms with Crippen LogP contribution >= 0.6 is 24.4 Å². The smallest absolute Gasteiger partial charge is 0.414 e. The Morgan fingerprint density at radius 3 is 1.28 bits per heavy atom. The maximum atomic E-state index is 7.87. The first kappa shape index (κ1) is 58.0. The number of aliphatic imine (C=N–C) groups is 1. The molecule has 61 heavy (non-hydrogen) atoms. The second-order valence-corrected chi connectivity index (χ2v) is 27.5. The quantitative estimate of drug-likeness (QED) is 0.0376. The first-order valence-corrected chi connectivity index (χ1v) is 28.7. The van der Waals surface area contributed by atoms with E-state index >= 15 is 0 Å². The molecule has 2 N–H and O–H groups in total. The third-order valence-electron chi connectivity index (χ3n) is 16.2. The van der Waals surface area contributed by atoms with Crippen LogP contribution in [0.4, 0.5) is 11.4 Å². The zero-order valence-electron chi connectivity index (χ0n) is 43.3. The molecular weight excluding hydrogens is 823 g/mol. The molecule has 6 nitrogen and oxygen atoms in total. The molecule has 0 heterocycles. The third-order valence-corrected chi connectivity index (χ3v) is 24.2. The normalized spacial score (nSPS) is 19.6. The molecule has 0 amide bonds. The molecule has 0 aliphatic rings. The lowest BCUT2D eigenvalue weighted by Crippen LogP contribution is -2.55. The van der Waals surface area contributed by atoms with Gasteiger partial charge in [-0.15, -0.1) is 0 Å². The Balaban J connectivity index is 3.61. The molecule has 353 valence electrons. The van der Waals surface area contributed by atoms with Crippen LogP contribution in [0.1, 0.15) is 159 Å². The van der Waals surface area contributed by atoms with Crippen LogP contribution < -0.4 is 10.6 Å². The van der Waals surface area contributed by atoms with Gasteiger partial charge in [0.05, 0.1) is 10.8 Å². The molecule has 0 aliphatic carbocycles. The summed E-state index contributed by atoms with van der Waals surface area (Å²) in [6, 6.07) is 8.39. The highest BCUT2D eigenvalue weighted by Gasteiger charge is 2.50. The minimum absolute atomic E-state index is 0.0239. The Hall–Kier alpha value is -0.976. The Bertz CT molecular complexity index is 1430. The number of nitrogens with zero attached hydrogens (tertiary/aromatic N) is 1. The summed E-state index contributed by atoms with van der Waals surface area (Å²) >= 11 is 10.5. The number of thiocarbonyl (C=S) groups is 2. The van der Waals surface area contributed by atoms with Gasteiger partial charge < -0.3 is 23.6 Å². The number of hydrogen-bond acceptors (Lipinski definition) is 6. The van der Waals surface area contributed by atoms with E-state index in [0.717, 1.165) is 23.8 Å². The molecule has 1 aromatic carbocycles. The summed E-state index contributed by atoms with van der Waals surface area (Å²) in [6.07, 6.45) is 0.764. The van der Waals surface area contributed by atoms with Gasteiger partial charge in [0.25, 0.3) is 0 Å². The lowest BCUT2D eigenvalue weighted by molar-refractivity contribution is 0.0497. The summed E-state index contributed by atoms with van der Waals surface area (Å²) in [5.74, 6) is 8.57. The molecule has 14 atom stereocenters. The second-order valence-electron chi connectivity index (χ2n) is 21.1. The van der Waals surface area contributed by atoms with Crippen molar-refractivity contribution in [2.24, 2.45) is 87.8 Å². The highest BCUT2D eigenvalue weighted by Crippen LogP contribution is 2.47. The molecule has 0 aromatic heterocycles. The van der Waals surface area contributed by atoms with Gasteiger partial charge in [-0.3, -0.25) is 0 Å². The fourth-order valence-corrected chi connectivity index (χ4v) is 18.4. The largest absolute Gasteiger partial charge is 0.490 e. The number of hydrogen-bond donors (Lipinski definition) is 2. The van der Waals surface area contributed by atoms with Crippen LogP contribution in [-0.2, 0) is 13.0 Å². The van der Waals surface area contributed by atoms with Gasteiger partial charge in [-0.1, -0.05) is 125 Å². The van der Waals surface area contributed by atoms with Gasteiger partial charge in [-0.25, -0.2) is 0 Å². The summed E-state index contributed by atoms with van der Waals surface area (Å²) in [4.78, 5) is 4.05. The van der Waals surface area contributed by atoms with Gasteiger partial charge in [-0.2, -0.15) is 4.99 Å². The lowest BCUT2D eigenvalue weighted by Gasteiger charge is -2.45. The van der Waals surface area contributed by atoms with E-state index in [1.807, 2.05) is 24.3 Å². The van der Waals surface area contributed by atoms with Crippen molar-refractivity contribution in [3.8, 4) is 0 Å². The van der Waals surface area contributed by atoms with E-state index in [-0.39, 0.29) is 12.2 Å². The van der Waals surface area contributed by atoms with Gasteiger partial charge in [0, 0.05) is 30.5 Å². The zero-order chi connectivity index (χ0) is 47.1. The average molecular weight is 920 g/mol. The number of benzene rings is 1. The van der Waals surface area contributed by atoms with Crippen LogP contribution in [0.5, 0.6) is 0 Å². The molecule has 10 heteroatoms. The molecule has 0 spiro atoms. The molecule has 1 aromatic rings. The summed E-state index contributed by atoms with van der Waals surface area (Å²) < 4.78 is 22.0. The van der Waals surface area contributed by atoms with E-state index in [2.05, 4.69) is 173 Å². The summed E-state index contributed by atoms with van der Waals surface area (Å²) in [5, 5.41) is 9.74. The standard InChI is InChI=1S/C51H96N3O3S2Si2/c1-31(2)35(9)37(11)39(13)41(15)42(16)44(18)46(20)48(22)60(47(21)45(19)43(17)40(14)38(12)36(10)32(3)4)57-61(55-33(5)6,56-34(7)8)29-23-28-52-51(59)54-50-26-24-49(25-27-50)53-30-58/h24-27,31-48H,23,28-29H2,1-22H3,(H2,52,54,59). The number of nitrogens with one attached hydrogen (secondary N) is 2. The Morgan fingerprint density at radius 2 is 0.934 bits per heavy atom.